The van der Waals surface area contributed by atoms with Crippen molar-refractivity contribution in [1.82, 2.24) is 4.90 Å². The Morgan fingerprint density at radius 3 is 2.29 bits per heavy atom. The molecule has 0 fully saturated rings. The molecule has 2 aromatic carbocycles. The van der Waals surface area contributed by atoms with Crippen LogP contribution >= 0.6 is 11.6 Å². The molecule has 0 unspecified atom stereocenters. The predicted molar refractivity (Wildman–Crippen MR) is 85.1 cm³/mol. The molecule has 0 amide bonds. The lowest BCUT2D eigenvalue weighted by Crippen LogP contribution is -2.25. The fourth-order valence-corrected chi connectivity index (χ4v) is 2.20. The van der Waals surface area contributed by atoms with E-state index in [0.29, 0.717) is 23.7 Å². The van der Waals surface area contributed by atoms with Gasteiger partial charge >= 0.3 is 0 Å². The minimum Gasteiger partial charge on any atom is -0.497 e. The molecule has 4 heteroatoms. The Hall–Kier alpha value is -1.84. The van der Waals surface area contributed by atoms with Gasteiger partial charge in [0.25, 0.3) is 0 Å². The summed E-state index contributed by atoms with van der Waals surface area (Å²) in [6.07, 6.45) is 0. The zero-order chi connectivity index (χ0) is 15.2. The van der Waals surface area contributed by atoms with Crippen LogP contribution in [0.25, 0.3) is 0 Å². The maximum atomic E-state index is 12.2. The first-order chi connectivity index (χ1) is 10.1. The number of halogens is 1. The minimum absolute atomic E-state index is 0.0858. The Balaban J connectivity index is 1.92. The van der Waals surface area contributed by atoms with Crippen LogP contribution in [0.3, 0.4) is 0 Å². The molecule has 0 aliphatic rings. The van der Waals surface area contributed by atoms with E-state index < -0.39 is 0 Å². The molecule has 0 radical (unpaired) electrons. The van der Waals surface area contributed by atoms with Gasteiger partial charge in [-0.15, -0.1) is 0 Å². The van der Waals surface area contributed by atoms with Gasteiger partial charge in [-0.3, -0.25) is 9.69 Å². The number of ether oxygens (including phenoxy) is 1. The third-order valence-corrected chi connectivity index (χ3v) is 3.44. The third kappa shape index (κ3) is 4.59. The second-order valence-electron chi connectivity index (χ2n) is 4.95. The van der Waals surface area contributed by atoms with E-state index in [1.165, 1.54) is 0 Å². The molecular formula is C17H18ClNO2. The SMILES string of the molecule is COc1ccc(CN(C)CC(=O)c2ccc(Cl)cc2)cc1. The van der Waals surface area contributed by atoms with Crippen LogP contribution in [-0.4, -0.2) is 31.4 Å². The second kappa shape index (κ2) is 7.25. The van der Waals surface area contributed by atoms with Crippen molar-refractivity contribution in [2.75, 3.05) is 20.7 Å². The lowest BCUT2D eigenvalue weighted by molar-refractivity contribution is 0.0943. The van der Waals surface area contributed by atoms with Crippen molar-refractivity contribution in [2.24, 2.45) is 0 Å². The molecule has 0 heterocycles. The predicted octanol–water partition coefficient (Wildman–Crippen LogP) is 3.66. The number of carbonyl (C=O) groups is 1. The van der Waals surface area contributed by atoms with Crippen molar-refractivity contribution >= 4 is 17.4 Å². The smallest absolute Gasteiger partial charge is 0.176 e. The van der Waals surface area contributed by atoms with Gasteiger partial charge in [-0.1, -0.05) is 23.7 Å². The van der Waals surface area contributed by atoms with Gasteiger partial charge < -0.3 is 4.74 Å². The molecule has 0 saturated carbocycles. The first kappa shape index (κ1) is 15.5. The van der Waals surface area contributed by atoms with Crippen molar-refractivity contribution in [3.8, 4) is 5.75 Å². The summed E-state index contributed by atoms with van der Waals surface area (Å²) in [4.78, 5) is 14.1. The first-order valence-electron chi connectivity index (χ1n) is 6.68. The summed E-state index contributed by atoms with van der Waals surface area (Å²) >= 11 is 5.82. The Morgan fingerprint density at radius 2 is 1.71 bits per heavy atom. The van der Waals surface area contributed by atoms with E-state index in [4.69, 9.17) is 16.3 Å². The van der Waals surface area contributed by atoms with Gasteiger partial charge in [0.2, 0.25) is 0 Å². The van der Waals surface area contributed by atoms with Gasteiger partial charge in [0.15, 0.2) is 5.78 Å². The maximum Gasteiger partial charge on any atom is 0.176 e. The van der Waals surface area contributed by atoms with Gasteiger partial charge in [0, 0.05) is 17.1 Å². The summed E-state index contributed by atoms with van der Waals surface area (Å²) in [6.45, 7) is 1.08. The molecule has 0 aliphatic heterocycles. The zero-order valence-electron chi connectivity index (χ0n) is 12.2. The molecule has 0 aliphatic carbocycles. The molecular weight excluding hydrogens is 286 g/mol. The van der Waals surface area contributed by atoms with Gasteiger partial charge in [-0.25, -0.2) is 0 Å². The highest BCUT2D eigenvalue weighted by atomic mass is 35.5. The number of benzene rings is 2. The lowest BCUT2D eigenvalue weighted by Gasteiger charge is -2.16. The second-order valence-corrected chi connectivity index (χ2v) is 5.39. The number of carbonyl (C=O) groups excluding carboxylic acids is 1. The molecule has 0 bridgehead atoms. The van der Waals surface area contributed by atoms with E-state index in [0.717, 1.165) is 11.3 Å². The number of hydrogen-bond donors (Lipinski definition) is 0. The zero-order valence-corrected chi connectivity index (χ0v) is 12.9. The lowest BCUT2D eigenvalue weighted by atomic mass is 10.1. The monoisotopic (exact) mass is 303 g/mol. The Morgan fingerprint density at radius 1 is 1.10 bits per heavy atom. The molecule has 110 valence electrons. The van der Waals surface area contributed by atoms with Gasteiger partial charge in [-0.05, 0) is 49.0 Å². The van der Waals surface area contributed by atoms with E-state index in [9.17, 15) is 4.79 Å². The largest absolute Gasteiger partial charge is 0.497 e. The molecule has 0 atom stereocenters. The van der Waals surface area contributed by atoms with Crippen molar-refractivity contribution < 1.29 is 9.53 Å². The first-order valence-corrected chi connectivity index (χ1v) is 7.06. The minimum atomic E-state index is 0.0858. The average Bonchev–Trinajstić information content (AvgIpc) is 2.48. The molecule has 0 spiro atoms. The highest BCUT2D eigenvalue weighted by Gasteiger charge is 2.09. The maximum absolute atomic E-state index is 12.2. The topological polar surface area (TPSA) is 29.5 Å². The van der Waals surface area contributed by atoms with Crippen molar-refractivity contribution in [2.45, 2.75) is 6.54 Å². The third-order valence-electron chi connectivity index (χ3n) is 3.19. The number of hydrogen-bond acceptors (Lipinski definition) is 3. The number of likely N-dealkylation sites (N-methyl/N-ethyl adjacent to an activating group) is 1. The molecule has 2 rings (SSSR count). The van der Waals surface area contributed by atoms with Crippen molar-refractivity contribution in [3.63, 3.8) is 0 Å². The fourth-order valence-electron chi connectivity index (χ4n) is 2.07. The van der Waals surface area contributed by atoms with E-state index in [1.807, 2.05) is 36.2 Å². The highest BCUT2D eigenvalue weighted by Crippen LogP contribution is 2.13. The van der Waals surface area contributed by atoms with Gasteiger partial charge in [-0.2, -0.15) is 0 Å². The number of rotatable bonds is 6. The van der Waals surface area contributed by atoms with Crippen LogP contribution in [-0.2, 0) is 6.54 Å². The summed E-state index contributed by atoms with van der Waals surface area (Å²) in [6, 6.07) is 14.8. The van der Waals surface area contributed by atoms with Crippen LogP contribution in [0.1, 0.15) is 15.9 Å². The van der Waals surface area contributed by atoms with Gasteiger partial charge in [0.1, 0.15) is 5.75 Å². The summed E-state index contributed by atoms with van der Waals surface area (Å²) in [5.41, 5.74) is 1.82. The Bertz CT molecular complexity index is 593. The quantitative estimate of drug-likeness (QED) is 0.763. The van der Waals surface area contributed by atoms with Gasteiger partial charge in [0.05, 0.1) is 13.7 Å². The number of ketones is 1. The van der Waals surface area contributed by atoms with Crippen LogP contribution in [0.5, 0.6) is 5.75 Å². The molecule has 2 aromatic rings. The highest BCUT2D eigenvalue weighted by molar-refractivity contribution is 6.30. The number of Topliss-reactive ketones (excluding diaryl/α,β-unsaturated/α-hetero) is 1. The van der Waals surface area contributed by atoms with Crippen LogP contribution in [0.15, 0.2) is 48.5 Å². The van der Waals surface area contributed by atoms with E-state index in [2.05, 4.69) is 0 Å². The van der Waals surface area contributed by atoms with E-state index in [1.54, 1.807) is 31.4 Å². The summed E-state index contributed by atoms with van der Waals surface area (Å²) in [5, 5.41) is 0.637. The van der Waals surface area contributed by atoms with Crippen LogP contribution < -0.4 is 4.74 Å². The Kier molecular flexibility index (Phi) is 5.37. The molecule has 0 aromatic heterocycles. The average molecular weight is 304 g/mol. The van der Waals surface area contributed by atoms with Crippen molar-refractivity contribution in [3.05, 3.63) is 64.7 Å². The van der Waals surface area contributed by atoms with E-state index in [-0.39, 0.29) is 5.78 Å². The fraction of sp³-hybridized carbons (Fsp3) is 0.235. The normalized spacial score (nSPS) is 10.7. The molecule has 21 heavy (non-hydrogen) atoms. The van der Waals surface area contributed by atoms with E-state index >= 15 is 0 Å². The van der Waals surface area contributed by atoms with Crippen LogP contribution in [0.2, 0.25) is 5.02 Å². The van der Waals surface area contributed by atoms with Crippen molar-refractivity contribution in [1.29, 1.82) is 0 Å². The Labute approximate surface area is 130 Å². The van der Waals surface area contributed by atoms with Crippen LogP contribution in [0, 0.1) is 0 Å². The standard InChI is InChI=1S/C17H18ClNO2/c1-19(11-13-3-9-16(21-2)10-4-13)12-17(20)14-5-7-15(18)8-6-14/h3-10H,11-12H2,1-2H3. The summed E-state index contributed by atoms with van der Waals surface area (Å²) < 4.78 is 5.13. The number of nitrogens with zero attached hydrogens (tertiary/aromatic N) is 1. The summed E-state index contributed by atoms with van der Waals surface area (Å²) in [5.74, 6) is 0.918. The molecule has 0 N–H and O–H groups in total. The van der Waals surface area contributed by atoms with Crippen LogP contribution in [0.4, 0.5) is 0 Å². The number of methoxy groups -OCH3 is 1. The molecule has 3 nitrogen and oxygen atoms in total. The molecule has 0 saturated heterocycles. The summed E-state index contributed by atoms with van der Waals surface area (Å²) in [7, 11) is 3.57.